The molecule has 2 N–H and O–H groups in total. The van der Waals surface area contributed by atoms with Crippen LogP contribution < -0.4 is 20.1 Å². The average molecular weight is 519 g/mol. The summed E-state index contributed by atoms with van der Waals surface area (Å²) in [4.78, 5) is 6.46. The number of rotatable bonds is 7. The predicted octanol–water partition coefficient (Wildman–Crippen LogP) is 4.27. The Bertz CT molecular complexity index is 769. The van der Waals surface area contributed by atoms with E-state index in [1.54, 1.807) is 21.3 Å². The lowest BCUT2D eigenvalue weighted by Crippen LogP contribution is -2.37. The number of likely N-dealkylation sites (N-methyl/N-ethyl adjacent to an activating group) is 1. The molecule has 0 saturated carbocycles. The number of halogens is 2. The van der Waals surface area contributed by atoms with Crippen LogP contribution in [0, 0.1) is 0 Å². The van der Waals surface area contributed by atoms with E-state index in [-0.39, 0.29) is 30.0 Å². The second-order valence-electron chi connectivity index (χ2n) is 6.18. The third-order valence-electron chi connectivity index (χ3n) is 4.21. The largest absolute Gasteiger partial charge is 0.493 e. The summed E-state index contributed by atoms with van der Waals surface area (Å²) in [6.07, 6.45) is 0. The summed E-state index contributed by atoms with van der Waals surface area (Å²) in [6.45, 7) is 0.682. The van der Waals surface area contributed by atoms with Gasteiger partial charge >= 0.3 is 0 Å². The lowest BCUT2D eigenvalue weighted by atomic mass is 10.1. The van der Waals surface area contributed by atoms with Gasteiger partial charge in [0.1, 0.15) is 0 Å². The number of nitrogens with zero attached hydrogens (tertiary/aromatic N) is 2. The molecule has 0 aliphatic rings. The molecule has 2 rings (SSSR count). The lowest BCUT2D eigenvalue weighted by Gasteiger charge is -2.26. The average Bonchev–Trinajstić information content (AvgIpc) is 2.68. The van der Waals surface area contributed by atoms with Crippen LogP contribution >= 0.6 is 35.6 Å². The van der Waals surface area contributed by atoms with E-state index in [0.717, 1.165) is 10.7 Å². The second-order valence-corrected chi connectivity index (χ2v) is 6.62. The van der Waals surface area contributed by atoms with E-state index in [1.807, 2.05) is 56.6 Å². The van der Waals surface area contributed by atoms with Crippen LogP contribution in [0.25, 0.3) is 0 Å². The Morgan fingerprint density at radius 2 is 1.71 bits per heavy atom. The van der Waals surface area contributed by atoms with Crippen molar-refractivity contribution in [1.82, 2.24) is 10.2 Å². The predicted molar refractivity (Wildman–Crippen MR) is 128 cm³/mol. The Hall–Kier alpha value is -1.71. The molecule has 0 spiro atoms. The van der Waals surface area contributed by atoms with E-state index in [2.05, 4.69) is 20.5 Å². The van der Waals surface area contributed by atoms with Crippen LogP contribution in [0.2, 0.25) is 5.02 Å². The van der Waals surface area contributed by atoms with Gasteiger partial charge in [0, 0.05) is 30.4 Å². The fraction of sp³-hybridized carbons (Fsp3) is 0.350. The van der Waals surface area contributed by atoms with Gasteiger partial charge in [0.15, 0.2) is 17.5 Å². The van der Waals surface area contributed by atoms with Crippen LogP contribution in [0.15, 0.2) is 47.5 Å². The van der Waals surface area contributed by atoms with Gasteiger partial charge in [-0.3, -0.25) is 4.99 Å². The van der Waals surface area contributed by atoms with Crippen molar-refractivity contribution in [2.24, 2.45) is 4.99 Å². The van der Waals surface area contributed by atoms with Crippen LogP contribution in [0.5, 0.6) is 11.5 Å². The van der Waals surface area contributed by atoms with Gasteiger partial charge in [-0.05, 0) is 43.9 Å². The number of aliphatic imine (C=N–C) groups is 1. The Morgan fingerprint density at radius 1 is 1.07 bits per heavy atom. The molecule has 0 bridgehead atoms. The molecule has 0 heterocycles. The maximum Gasteiger partial charge on any atom is 0.195 e. The van der Waals surface area contributed by atoms with Crippen molar-refractivity contribution >= 4 is 47.2 Å². The zero-order valence-corrected chi connectivity index (χ0v) is 19.9. The Balaban J connectivity index is 0.00000392. The van der Waals surface area contributed by atoms with Gasteiger partial charge in [0.25, 0.3) is 0 Å². The standard InChI is InChI=1S/C20H27ClN4O2.HI/c1-22-20(24-16-10-11-18(26-4)19(12-16)27-5)23-13-17(25(2)3)14-6-8-15(21)9-7-14;/h6-12,17H,13H2,1-5H3,(H2,22,23,24);1H. The molecule has 8 heteroatoms. The maximum absolute atomic E-state index is 6.00. The van der Waals surface area contributed by atoms with Crippen molar-refractivity contribution in [3.63, 3.8) is 0 Å². The lowest BCUT2D eigenvalue weighted by molar-refractivity contribution is 0.299. The minimum atomic E-state index is 0. The highest BCUT2D eigenvalue weighted by atomic mass is 127. The van der Waals surface area contributed by atoms with Gasteiger partial charge < -0.3 is 25.0 Å². The molecule has 28 heavy (non-hydrogen) atoms. The van der Waals surface area contributed by atoms with Gasteiger partial charge in [0.05, 0.1) is 20.3 Å². The van der Waals surface area contributed by atoms with E-state index in [4.69, 9.17) is 21.1 Å². The summed E-state index contributed by atoms with van der Waals surface area (Å²) in [5, 5.41) is 7.38. The summed E-state index contributed by atoms with van der Waals surface area (Å²) in [6, 6.07) is 13.7. The first-order chi connectivity index (χ1) is 13.0. The number of anilines is 1. The fourth-order valence-corrected chi connectivity index (χ4v) is 2.83. The van der Waals surface area contributed by atoms with E-state index >= 15 is 0 Å². The molecule has 0 aliphatic carbocycles. The molecule has 0 amide bonds. The Labute approximate surface area is 189 Å². The molecule has 2 aromatic carbocycles. The molecule has 154 valence electrons. The fourth-order valence-electron chi connectivity index (χ4n) is 2.71. The normalized spacial score (nSPS) is 12.2. The van der Waals surface area contributed by atoms with Crippen LogP contribution in [0.4, 0.5) is 5.69 Å². The van der Waals surface area contributed by atoms with Crippen LogP contribution in [-0.2, 0) is 0 Å². The Kier molecular flexibility index (Phi) is 10.4. The molecular weight excluding hydrogens is 491 g/mol. The monoisotopic (exact) mass is 518 g/mol. The molecule has 0 saturated heterocycles. The van der Waals surface area contributed by atoms with Gasteiger partial charge in [-0.25, -0.2) is 0 Å². The van der Waals surface area contributed by atoms with E-state index in [1.165, 1.54) is 5.56 Å². The highest BCUT2D eigenvalue weighted by molar-refractivity contribution is 14.0. The van der Waals surface area contributed by atoms with Crippen molar-refractivity contribution in [3.05, 3.63) is 53.1 Å². The molecule has 0 fully saturated rings. The van der Waals surface area contributed by atoms with E-state index < -0.39 is 0 Å². The highest BCUT2D eigenvalue weighted by Gasteiger charge is 2.15. The van der Waals surface area contributed by atoms with Gasteiger partial charge in [-0.15, -0.1) is 24.0 Å². The highest BCUT2D eigenvalue weighted by Crippen LogP contribution is 2.29. The summed E-state index contributed by atoms with van der Waals surface area (Å²) in [7, 11) is 9.06. The van der Waals surface area contributed by atoms with Crippen LogP contribution in [0.1, 0.15) is 11.6 Å². The number of nitrogens with one attached hydrogen (secondary N) is 2. The first-order valence-electron chi connectivity index (χ1n) is 8.60. The zero-order valence-electron chi connectivity index (χ0n) is 16.8. The van der Waals surface area contributed by atoms with Crippen molar-refractivity contribution in [2.75, 3.05) is 47.2 Å². The third-order valence-corrected chi connectivity index (χ3v) is 4.46. The number of benzene rings is 2. The second kappa shape index (κ2) is 12.0. The molecule has 1 unspecified atom stereocenters. The topological polar surface area (TPSA) is 58.1 Å². The molecule has 6 nitrogen and oxygen atoms in total. The number of guanidine groups is 1. The van der Waals surface area contributed by atoms with Crippen LogP contribution in [-0.4, -0.2) is 52.8 Å². The van der Waals surface area contributed by atoms with E-state index in [0.29, 0.717) is 24.0 Å². The zero-order chi connectivity index (χ0) is 19.8. The molecule has 0 aromatic heterocycles. The van der Waals surface area contributed by atoms with E-state index in [9.17, 15) is 0 Å². The summed E-state index contributed by atoms with van der Waals surface area (Å²) >= 11 is 6.00. The molecule has 0 aliphatic heterocycles. The molecule has 1 atom stereocenters. The quantitative estimate of drug-likeness (QED) is 0.326. The van der Waals surface area contributed by atoms with Crippen molar-refractivity contribution in [3.8, 4) is 11.5 Å². The molecule has 0 radical (unpaired) electrons. The van der Waals surface area contributed by atoms with Crippen molar-refractivity contribution in [1.29, 1.82) is 0 Å². The van der Waals surface area contributed by atoms with Gasteiger partial charge in [-0.2, -0.15) is 0 Å². The Morgan fingerprint density at radius 3 is 2.25 bits per heavy atom. The van der Waals surface area contributed by atoms with Crippen molar-refractivity contribution < 1.29 is 9.47 Å². The SMILES string of the molecule is CN=C(NCC(c1ccc(Cl)cc1)N(C)C)Nc1ccc(OC)c(OC)c1.I. The van der Waals surface area contributed by atoms with Gasteiger partial charge in [0.2, 0.25) is 0 Å². The first kappa shape index (κ1) is 24.3. The number of hydrogen-bond acceptors (Lipinski definition) is 4. The maximum atomic E-state index is 6.00. The van der Waals surface area contributed by atoms with Gasteiger partial charge in [-0.1, -0.05) is 23.7 Å². The van der Waals surface area contributed by atoms with Crippen LogP contribution in [0.3, 0.4) is 0 Å². The molecular formula is C20H28ClIN4O2. The smallest absolute Gasteiger partial charge is 0.195 e. The summed E-state index contributed by atoms with van der Waals surface area (Å²) < 4.78 is 10.6. The number of hydrogen-bond donors (Lipinski definition) is 2. The van der Waals surface area contributed by atoms with Crippen molar-refractivity contribution in [2.45, 2.75) is 6.04 Å². The molecule has 2 aromatic rings. The summed E-state index contributed by atoms with van der Waals surface area (Å²) in [5.41, 5.74) is 2.03. The third kappa shape index (κ3) is 6.72. The first-order valence-corrected chi connectivity index (χ1v) is 8.98. The minimum absolute atomic E-state index is 0. The minimum Gasteiger partial charge on any atom is -0.493 e. The number of methoxy groups -OCH3 is 2. The summed E-state index contributed by atoms with van der Waals surface area (Å²) in [5.74, 6) is 2.01. The number of ether oxygens (including phenoxy) is 2.